The number of allylic oxidation sites excluding steroid dienone is 1. The molecule has 0 aliphatic carbocycles. The van der Waals surface area contributed by atoms with Gasteiger partial charge in [-0.15, -0.1) is 22.5 Å². The summed E-state index contributed by atoms with van der Waals surface area (Å²) < 4.78 is 43.2. The smallest absolute Gasteiger partial charge is 0.234 e. The van der Waals surface area contributed by atoms with Gasteiger partial charge in [0.05, 0.1) is 10.6 Å². The molecule has 1 aliphatic heterocycles. The highest BCUT2D eigenvalue weighted by Gasteiger charge is 2.37. The molecule has 1 heterocycles. The van der Waals surface area contributed by atoms with Crippen LogP contribution >= 0.6 is 22.5 Å². The molecule has 1 aliphatic rings. The molecule has 0 spiro atoms. The molecule has 0 aromatic heterocycles. The van der Waals surface area contributed by atoms with E-state index in [1.807, 2.05) is 42.7 Å². The summed E-state index contributed by atoms with van der Waals surface area (Å²) in [6, 6.07) is 14.5. The third-order valence-corrected chi connectivity index (χ3v) is 8.27. The van der Waals surface area contributed by atoms with Crippen LogP contribution < -0.4 is 9.64 Å². The standard InChI is InChI=1S/C23H28FN3O3S2/c1-4-5-9-19-15-27(18-10-7-6-8-11-18)20-12-22(31-3)21(30-16-17(24)14-25)13-23(20)32(28,29)26(19)2/h6-8,10-13,16,19,28-29H,4-5,9,15H2,1-3H3/b17-16-. The Bertz CT molecular complexity index is 1010. The Balaban J connectivity index is 2.20. The van der Waals surface area contributed by atoms with Crippen LogP contribution in [0.4, 0.5) is 15.8 Å². The van der Waals surface area contributed by atoms with Crippen LogP contribution in [-0.2, 0) is 0 Å². The van der Waals surface area contributed by atoms with Crippen LogP contribution in [0.25, 0.3) is 0 Å². The highest BCUT2D eigenvalue weighted by molar-refractivity contribution is 8.22. The average Bonchev–Trinajstić information content (AvgIpc) is 2.89. The predicted octanol–water partition coefficient (Wildman–Crippen LogP) is 6.79. The molecule has 3 rings (SSSR count). The summed E-state index contributed by atoms with van der Waals surface area (Å²) in [6.07, 6.45) is 5.37. The van der Waals surface area contributed by atoms with Crippen molar-refractivity contribution in [3.63, 3.8) is 0 Å². The first kappa shape index (κ1) is 24.4. The van der Waals surface area contributed by atoms with Gasteiger partial charge in [0.2, 0.25) is 5.83 Å². The molecular weight excluding hydrogens is 449 g/mol. The second kappa shape index (κ2) is 10.6. The van der Waals surface area contributed by atoms with Crippen LogP contribution in [0.3, 0.4) is 0 Å². The summed E-state index contributed by atoms with van der Waals surface area (Å²) in [6.45, 7) is 2.70. The van der Waals surface area contributed by atoms with Crippen molar-refractivity contribution in [3.05, 3.63) is 54.6 Å². The van der Waals surface area contributed by atoms with Crippen molar-refractivity contribution in [2.24, 2.45) is 0 Å². The van der Waals surface area contributed by atoms with Gasteiger partial charge in [0, 0.05) is 31.4 Å². The van der Waals surface area contributed by atoms with Crippen molar-refractivity contribution in [1.29, 1.82) is 5.26 Å². The lowest BCUT2D eigenvalue weighted by atomic mass is 10.1. The highest BCUT2D eigenvalue weighted by Crippen LogP contribution is 2.60. The fraction of sp³-hybridized carbons (Fsp3) is 0.348. The Morgan fingerprint density at radius 2 is 2.06 bits per heavy atom. The van der Waals surface area contributed by atoms with Gasteiger partial charge in [-0.1, -0.05) is 38.0 Å². The molecule has 0 saturated carbocycles. The van der Waals surface area contributed by atoms with Crippen molar-refractivity contribution in [1.82, 2.24) is 4.31 Å². The Morgan fingerprint density at radius 3 is 2.69 bits per heavy atom. The maximum atomic E-state index is 13.4. The molecule has 0 saturated heterocycles. The second-order valence-corrected chi connectivity index (χ2v) is 10.4. The topological polar surface area (TPSA) is 80.0 Å². The lowest BCUT2D eigenvalue weighted by molar-refractivity contribution is 0.310. The number of para-hydroxylation sites is 1. The molecule has 0 amide bonds. The van der Waals surface area contributed by atoms with Gasteiger partial charge in [-0.2, -0.15) is 9.65 Å². The average molecular weight is 478 g/mol. The first-order valence-corrected chi connectivity index (χ1v) is 13.0. The van der Waals surface area contributed by atoms with E-state index in [4.69, 9.17) is 10.00 Å². The summed E-state index contributed by atoms with van der Waals surface area (Å²) in [4.78, 5) is 3.10. The Kier molecular flexibility index (Phi) is 8.09. The van der Waals surface area contributed by atoms with Gasteiger partial charge in [0.15, 0.2) is 0 Å². The number of rotatable bonds is 7. The number of anilines is 2. The lowest BCUT2D eigenvalue weighted by Crippen LogP contribution is -2.39. The number of benzene rings is 2. The van der Waals surface area contributed by atoms with E-state index in [9.17, 15) is 13.5 Å². The van der Waals surface area contributed by atoms with Gasteiger partial charge < -0.3 is 9.64 Å². The Hall–Kier alpha value is -2.22. The molecule has 6 nitrogen and oxygen atoms in total. The molecule has 0 bridgehead atoms. The summed E-state index contributed by atoms with van der Waals surface area (Å²) in [5, 5.41) is 8.68. The third kappa shape index (κ3) is 5.05. The number of hydrogen-bond acceptors (Lipinski definition) is 7. The summed E-state index contributed by atoms with van der Waals surface area (Å²) in [5.74, 6) is -0.809. The summed E-state index contributed by atoms with van der Waals surface area (Å²) >= 11 is 1.39. The zero-order valence-electron chi connectivity index (χ0n) is 18.4. The largest absolute Gasteiger partial charge is 0.460 e. The van der Waals surface area contributed by atoms with Gasteiger partial charge in [-0.3, -0.25) is 9.11 Å². The fourth-order valence-corrected chi connectivity index (χ4v) is 5.86. The normalized spacial score (nSPS) is 19.6. The monoisotopic (exact) mass is 477 g/mol. The van der Waals surface area contributed by atoms with Crippen molar-refractivity contribution >= 4 is 33.9 Å². The van der Waals surface area contributed by atoms with Gasteiger partial charge in [-0.25, -0.2) is 4.31 Å². The predicted molar refractivity (Wildman–Crippen MR) is 129 cm³/mol. The zero-order chi connectivity index (χ0) is 23.3. The van der Waals surface area contributed by atoms with Gasteiger partial charge in [0.1, 0.15) is 23.0 Å². The van der Waals surface area contributed by atoms with E-state index in [0.717, 1.165) is 31.2 Å². The van der Waals surface area contributed by atoms with Crippen LogP contribution in [0.2, 0.25) is 0 Å². The van der Waals surface area contributed by atoms with Gasteiger partial charge >= 0.3 is 0 Å². The molecule has 9 heteroatoms. The maximum Gasteiger partial charge on any atom is 0.234 e. The van der Waals surface area contributed by atoms with E-state index < -0.39 is 16.6 Å². The summed E-state index contributed by atoms with van der Waals surface area (Å²) in [5.41, 5.74) is 1.61. The Labute approximate surface area is 194 Å². The minimum absolute atomic E-state index is 0.0921. The van der Waals surface area contributed by atoms with E-state index >= 15 is 0 Å². The quantitative estimate of drug-likeness (QED) is 0.258. The van der Waals surface area contributed by atoms with Crippen LogP contribution in [-0.4, -0.2) is 39.3 Å². The van der Waals surface area contributed by atoms with E-state index in [-0.39, 0.29) is 11.8 Å². The number of fused-ring (bicyclic) bond motifs is 1. The Morgan fingerprint density at radius 1 is 1.34 bits per heavy atom. The van der Waals surface area contributed by atoms with E-state index in [0.29, 0.717) is 22.0 Å². The molecule has 2 N–H and O–H groups in total. The minimum Gasteiger partial charge on any atom is -0.460 e. The van der Waals surface area contributed by atoms with Gasteiger partial charge in [0.25, 0.3) is 0 Å². The molecule has 2 aromatic carbocycles. The number of halogens is 1. The number of likely N-dealkylation sites (N-methyl/N-ethyl adjacent to an activating group) is 1. The molecule has 1 unspecified atom stereocenters. The third-order valence-electron chi connectivity index (χ3n) is 5.50. The first-order valence-electron chi connectivity index (χ1n) is 10.3. The SMILES string of the molecule is CCCCC1CN(c2ccccc2)c2cc(SC)c(O/C=C(\F)C#N)cc2S(O)(O)N1C. The van der Waals surface area contributed by atoms with Crippen LogP contribution in [0.15, 0.2) is 64.3 Å². The maximum absolute atomic E-state index is 13.4. The van der Waals surface area contributed by atoms with Crippen LogP contribution in [0, 0.1) is 11.3 Å². The van der Waals surface area contributed by atoms with Crippen molar-refractivity contribution in [3.8, 4) is 11.8 Å². The van der Waals surface area contributed by atoms with E-state index in [2.05, 4.69) is 11.8 Å². The molecule has 1 atom stereocenters. The summed E-state index contributed by atoms with van der Waals surface area (Å²) in [7, 11) is -1.62. The molecule has 2 aromatic rings. The number of nitriles is 1. The van der Waals surface area contributed by atoms with Gasteiger partial charge in [-0.05, 0) is 30.9 Å². The number of unbranched alkanes of at least 4 members (excludes halogenated alkanes) is 1. The number of thioether (sulfide) groups is 1. The van der Waals surface area contributed by atoms with E-state index in [1.165, 1.54) is 17.8 Å². The number of nitrogens with zero attached hydrogens (tertiary/aromatic N) is 3. The van der Waals surface area contributed by atoms with Crippen molar-refractivity contribution in [2.75, 3.05) is 24.7 Å². The second-order valence-electron chi connectivity index (χ2n) is 7.47. The number of hydrogen-bond donors (Lipinski definition) is 2. The fourth-order valence-electron chi connectivity index (χ4n) is 3.71. The number of ether oxygens (including phenoxy) is 1. The first-order chi connectivity index (χ1) is 15.3. The highest BCUT2D eigenvalue weighted by atomic mass is 32.3. The van der Waals surface area contributed by atoms with Crippen molar-refractivity contribution < 1.29 is 18.2 Å². The molecule has 32 heavy (non-hydrogen) atoms. The van der Waals surface area contributed by atoms with Crippen LogP contribution in [0.1, 0.15) is 26.2 Å². The lowest BCUT2D eigenvalue weighted by Gasteiger charge is -2.43. The molecule has 0 radical (unpaired) electrons. The molecule has 0 fully saturated rings. The molecular formula is C23H28FN3O3S2. The molecule has 172 valence electrons. The minimum atomic E-state index is -3.35. The van der Waals surface area contributed by atoms with Crippen molar-refractivity contribution in [2.45, 2.75) is 42.0 Å². The van der Waals surface area contributed by atoms with Crippen LogP contribution in [0.5, 0.6) is 5.75 Å². The zero-order valence-corrected chi connectivity index (χ0v) is 20.0. The van der Waals surface area contributed by atoms with E-state index in [1.54, 1.807) is 17.4 Å².